The largest absolute Gasteiger partial charge is 0.497 e. The topological polar surface area (TPSA) is 79.9 Å². The minimum Gasteiger partial charge on any atom is -0.497 e. The van der Waals surface area contributed by atoms with Gasteiger partial charge >= 0.3 is 0 Å². The van der Waals surface area contributed by atoms with Crippen LogP contribution in [0.3, 0.4) is 0 Å². The Balaban J connectivity index is 1.42. The highest BCUT2D eigenvalue weighted by molar-refractivity contribution is 5.83. The van der Waals surface area contributed by atoms with Gasteiger partial charge in [0.2, 0.25) is 11.8 Å². The van der Waals surface area contributed by atoms with E-state index in [1.807, 2.05) is 59.5 Å². The summed E-state index contributed by atoms with van der Waals surface area (Å²) >= 11 is 0. The molecule has 0 saturated carbocycles. The SMILES string of the molecule is COc1cccc(COc2cc(F)cc(C[C@@H](C[C@@H]3NCCN(Cc4ccccc4)C3=O)NC(C)=O)c2)c1. The maximum absolute atomic E-state index is 14.5. The highest BCUT2D eigenvalue weighted by atomic mass is 19.1. The van der Waals surface area contributed by atoms with Gasteiger partial charge in [-0.05, 0) is 53.8 Å². The summed E-state index contributed by atoms with van der Waals surface area (Å²) in [4.78, 5) is 27.1. The third-order valence-electron chi connectivity index (χ3n) is 6.48. The summed E-state index contributed by atoms with van der Waals surface area (Å²) in [5, 5.41) is 6.24. The van der Waals surface area contributed by atoms with Crippen molar-refractivity contribution < 1.29 is 23.5 Å². The Hall–Kier alpha value is -3.91. The molecule has 0 bridgehead atoms. The van der Waals surface area contributed by atoms with Gasteiger partial charge in [0.25, 0.3) is 0 Å². The first-order valence-corrected chi connectivity index (χ1v) is 12.8. The first kappa shape index (κ1) is 27.1. The number of piperazine rings is 1. The molecule has 1 saturated heterocycles. The van der Waals surface area contributed by atoms with Gasteiger partial charge < -0.3 is 25.0 Å². The fraction of sp³-hybridized carbons (Fsp3) is 0.333. The zero-order valence-corrected chi connectivity index (χ0v) is 21.8. The van der Waals surface area contributed by atoms with Gasteiger partial charge in [0.15, 0.2) is 0 Å². The van der Waals surface area contributed by atoms with Gasteiger partial charge in [0.05, 0.1) is 13.2 Å². The van der Waals surface area contributed by atoms with Gasteiger partial charge in [-0.3, -0.25) is 9.59 Å². The third-order valence-corrected chi connectivity index (χ3v) is 6.48. The first-order chi connectivity index (χ1) is 18.4. The van der Waals surface area contributed by atoms with Gasteiger partial charge in [-0.25, -0.2) is 4.39 Å². The maximum Gasteiger partial charge on any atom is 0.240 e. The second-order valence-corrected chi connectivity index (χ2v) is 9.52. The third kappa shape index (κ3) is 7.79. The quantitative estimate of drug-likeness (QED) is 0.402. The molecule has 0 aromatic heterocycles. The second kappa shape index (κ2) is 13.1. The number of carbonyl (C=O) groups is 2. The molecule has 0 unspecified atom stereocenters. The highest BCUT2D eigenvalue weighted by Gasteiger charge is 2.31. The smallest absolute Gasteiger partial charge is 0.240 e. The van der Waals surface area contributed by atoms with E-state index in [0.29, 0.717) is 43.8 Å². The van der Waals surface area contributed by atoms with E-state index in [2.05, 4.69) is 10.6 Å². The van der Waals surface area contributed by atoms with Gasteiger partial charge in [-0.1, -0.05) is 42.5 Å². The molecule has 2 N–H and O–H groups in total. The Labute approximate surface area is 222 Å². The molecule has 7 nitrogen and oxygen atoms in total. The molecule has 1 fully saturated rings. The monoisotopic (exact) mass is 519 g/mol. The lowest BCUT2D eigenvalue weighted by Crippen LogP contribution is -2.56. The van der Waals surface area contributed by atoms with Crippen LogP contribution in [0.5, 0.6) is 11.5 Å². The van der Waals surface area contributed by atoms with Crippen LogP contribution in [0.25, 0.3) is 0 Å². The molecule has 200 valence electrons. The Bertz CT molecular complexity index is 1240. The zero-order chi connectivity index (χ0) is 26.9. The average Bonchev–Trinajstić information content (AvgIpc) is 2.90. The lowest BCUT2D eigenvalue weighted by atomic mass is 9.97. The van der Waals surface area contributed by atoms with E-state index in [-0.39, 0.29) is 24.5 Å². The molecule has 1 aliphatic rings. The molecule has 3 aromatic carbocycles. The predicted molar refractivity (Wildman–Crippen MR) is 143 cm³/mol. The van der Waals surface area contributed by atoms with Crippen LogP contribution in [0.15, 0.2) is 72.8 Å². The van der Waals surface area contributed by atoms with E-state index in [0.717, 1.165) is 16.9 Å². The molecular formula is C30H34FN3O4. The Morgan fingerprint density at radius 1 is 1.05 bits per heavy atom. The van der Waals surface area contributed by atoms with E-state index in [1.54, 1.807) is 13.2 Å². The van der Waals surface area contributed by atoms with Gasteiger partial charge in [0.1, 0.15) is 23.9 Å². The normalized spacial score (nSPS) is 16.1. The number of rotatable bonds is 11. The molecule has 0 spiro atoms. The number of nitrogens with zero attached hydrogens (tertiary/aromatic N) is 1. The number of hydrogen-bond acceptors (Lipinski definition) is 5. The maximum atomic E-state index is 14.5. The van der Waals surface area contributed by atoms with Crippen LogP contribution in [-0.2, 0) is 29.2 Å². The molecule has 3 aromatic rings. The minimum atomic E-state index is -0.443. The van der Waals surface area contributed by atoms with Crippen LogP contribution in [0, 0.1) is 5.82 Å². The molecule has 8 heteroatoms. The number of halogens is 1. The standard InChI is InChI=1S/C30H34FN3O4/c1-21(35)33-26(18-29-30(36)34(12-11-32-29)19-22-7-4-3-5-8-22)14-24-13-25(31)17-28(16-24)38-20-23-9-6-10-27(15-23)37-2/h3-10,13,15-17,26,29,32H,11-12,14,18-20H2,1-2H3,(H,33,35)/t26-,29-/m0/s1. The van der Waals surface area contributed by atoms with Crippen molar-refractivity contribution >= 4 is 11.8 Å². The van der Waals surface area contributed by atoms with E-state index in [1.165, 1.54) is 19.1 Å². The van der Waals surface area contributed by atoms with Crippen LogP contribution in [0.1, 0.15) is 30.0 Å². The molecule has 4 rings (SSSR count). The number of nitrogens with one attached hydrogen (secondary N) is 2. The molecule has 2 atom stereocenters. The average molecular weight is 520 g/mol. The minimum absolute atomic E-state index is 0.00277. The van der Waals surface area contributed by atoms with Crippen LogP contribution in [-0.4, -0.2) is 49.0 Å². The number of benzene rings is 3. The van der Waals surface area contributed by atoms with E-state index in [4.69, 9.17) is 9.47 Å². The molecule has 0 radical (unpaired) electrons. The van der Waals surface area contributed by atoms with Gasteiger partial charge in [0, 0.05) is 38.7 Å². The summed E-state index contributed by atoms with van der Waals surface area (Å²) in [7, 11) is 1.60. The van der Waals surface area contributed by atoms with Crippen molar-refractivity contribution in [3.63, 3.8) is 0 Å². The summed E-state index contributed by atoms with van der Waals surface area (Å²) in [6, 6.07) is 21.1. The number of ether oxygens (including phenoxy) is 2. The summed E-state index contributed by atoms with van der Waals surface area (Å²) in [6.07, 6.45) is 0.747. The summed E-state index contributed by atoms with van der Waals surface area (Å²) in [6.45, 7) is 3.53. The van der Waals surface area contributed by atoms with Crippen molar-refractivity contribution in [2.24, 2.45) is 0 Å². The number of amides is 2. The van der Waals surface area contributed by atoms with Crippen molar-refractivity contribution in [1.29, 1.82) is 0 Å². The van der Waals surface area contributed by atoms with Crippen molar-refractivity contribution in [2.75, 3.05) is 20.2 Å². The lowest BCUT2D eigenvalue weighted by molar-refractivity contribution is -0.137. The van der Waals surface area contributed by atoms with E-state index < -0.39 is 11.9 Å². The molecule has 0 aliphatic carbocycles. The van der Waals surface area contributed by atoms with Crippen molar-refractivity contribution in [3.8, 4) is 11.5 Å². The number of methoxy groups -OCH3 is 1. The molecule has 1 heterocycles. The zero-order valence-electron chi connectivity index (χ0n) is 21.8. The first-order valence-electron chi connectivity index (χ1n) is 12.8. The Morgan fingerprint density at radius 2 is 1.82 bits per heavy atom. The van der Waals surface area contributed by atoms with Gasteiger partial charge in [-0.2, -0.15) is 0 Å². The van der Waals surface area contributed by atoms with Crippen LogP contribution in [0.2, 0.25) is 0 Å². The number of hydrogen-bond donors (Lipinski definition) is 2. The fourth-order valence-electron chi connectivity index (χ4n) is 4.74. The summed E-state index contributed by atoms with van der Waals surface area (Å²) < 4.78 is 25.6. The van der Waals surface area contributed by atoms with E-state index >= 15 is 0 Å². The Morgan fingerprint density at radius 3 is 2.58 bits per heavy atom. The summed E-state index contributed by atoms with van der Waals surface area (Å²) in [5.41, 5.74) is 2.64. The molecule has 2 amide bonds. The van der Waals surface area contributed by atoms with Crippen LogP contribution in [0.4, 0.5) is 4.39 Å². The van der Waals surface area contributed by atoms with Crippen molar-refractivity contribution in [3.05, 3.63) is 95.3 Å². The van der Waals surface area contributed by atoms with Crippen LogP contribution < -0.4 is 20.1 Å². The lowest BCUT2D eigenvalue weighted by Gasteiger charge is -2.35. The highest BCUT2D eigenvalue weighted by Crippen LogP contribution is 2.22. The van der Waals surface area contributed by atoms with Gasteiger partial charge in [-0.15, -0.1) is 0 Å². The molecule has 38 heavy (non-hydrogen) atoms. The second-order valence-electron chi connectivity index (χ2n) is 9.52. The van der Waals surface area contributed by atoms with Crippen LogP contribution >= 0.6 is 0 Å². The fourth-order valence-corrected chi connectivity index (χ4v) is 4.74. The molecule has 1 aliphatic heterocycles. The van der Waals surface area contributed by atoms with Crippen molar-refractivity contribution in [2.45, 2.75) is 45.0 Å². The van der Waals surface area contributed by atoms with E-state index in [9.17, 15) is 14.0 Å². The Kier molecular flexibility index (Phi) is 9.32. The predicted octanol–water partition coefficient (Wildman–Crippen LogP) is 3.85. The van der Waals surface area contributed by atoms with Crippen molar-refractivity contribution in [1.82, 2.24) is 15.5 Å². The number of carbonyl (C=O) groups excluding carboxylic acids is 2. The molecular weight excluding hydrogens is 485 g/mol. The summed E-state index contributed by atoms with van der Waals surface area (Å²) in [5.74, 6) is 0.482.